The van der Waals surface area contributed by atoms with Crippen molar-refractivity contribution in [1.82, 2.24) is 24.1 Å². The highest BCUT2D eigenvalue weighted by molar-refractivity contribution is 7.98. The van der Waals surface area contributed by atoms with Crippen molar-refractivity contribution >= 4 is 29.0 Å². The summed E-state index contributed by atoms with van der Waals surface area (Å²) in [7, 11) is 0. The Kier molecular flexibility index (Phi) is 4.84. The van der Waals surface area contributed by atoms with E-state index in [1.54, 1.807) is 16.7 Å². The van der Waals surface area contributed by atoms with Gasteiger partial charge in [0, 0.05) is 24.6 Å². The summed E-state index contributed by atoms with van der Waals surface area (Å²) < 4.78 is 8.57. The number of hydrogen-bond acceptors (Lipinski definition) is 6. The van der Waals surface area contributed by atoms with Gasteiger partial charge in [-0.3, -0.25) is 13.8 Å². The van der Waals surface area contributed by atoms with Gasteiger partial charge in [-0.05, 0) is 25.0 Å². The number of aromatic amines is 1. The summed E-state index contributed by atoms with van der Waals surface area (Å²) >= 11 is 7.27. The van der Waals surface area contributed by atoms with Crippen molar-refractivity contribution in [3.05, 3.63) is 56.0 Å². The van der Waals surface area contributed by atoms with E-state index in [1.165, 1.54) is 28.4 Å². The number of H-pyrrole nitrogens is 1. The molecule has 1 saturated heterocycles. The first-order valence-electron chi connectivity index (χ1n) is 8.17. The molecule has 8 nitrogen and oxygen atoms in total. The minimum Gasteiger partial charge on any atom is -0.376 e. The van der Waals surface area contributed by atoms with Crippen LogP contribution in [0.25, 0.3) is 5.65 Å². The van der Waals surface area contributed by atoms with E-state index in [0.717, 1.165) is 19.4 Å². The average Bonchev–Trinajstić information content (AvgIpc) is 3.25. The van der Waals surface area contributed by atoms with Crippen molar-refractivity contribution in [3.63, 3.8) is 0 Å². The normalized spacial score (nSPS) is 17.2. The highest BCUT2D eigenvalue weighted by Crippen LogP contribution is 2.21. The molecule has 0 amide bonds. The van der Waals surface area contributed by atoms with Crippen molar-refractivity contribution in [1.29, 1.82) is 0 Å². The lowest BCUT2D eigenvalue weighted by atomic mass is 10.2. The van der Waals surface area contributed by atoms with Crippen molar-refractivity contribution in [2.75, 3.05) is 6.61 Å². The number of hydrogen-bond donors (Lipinski definition) is 1. The Morgan fingerprint density at radius 1 is 1.38 bits per heavy atom. The molecule has 136 valence electrons. The molecule has 3 aromatic heterocycles. The number of ether oxygens (including phenoxy) is 1. The second kappa shape index (κ2) is 7.26. The van der Waals surface area contributed by atoms with Crippen molar-refractivity contribution < 1.29 is 4.74 Å². The van der Waals surface area contributed by atoms with Gasteiger partial charge in [-0.15, -0.1) is 5.10 Å². The van der Waals surface area contributed by atoms with Gasteiger partial charge in [0.1, 0.15) is 5.65 Å². The van der Waals surface area contributed by atoms with Crippen LogP contribution >= 0.6 is 23.4 Å². The maximum atomic E-state index is 12.2. The van der Waals surface area contributed by atoms with Crippen molar-refractivity contribution in [3.8, 4) is 0 Å². The molecule has 0 aromatic carbocycles. The topological polar surface area (TPSA) is 94.3 Å². The third-order valence-corrected chi connectivity index (χ3v) is 5.39. The minimum absolute atomic E-state index is 0.0397. The molecule has 4 heterocycles. The number of aromatic nitrogens is 5. The molecule has 0 saturated carbocycles. The predicted octanol–water partition coefficient (Wildman–Crippen LogP) is 1.70. The van der Waals surface area contributed by atoms with Crippen LogP contribution in [0, 0.1) is 0 Å². The van der Waals surface area contributed by atoms with Crippen LogP contribution in [0.15, 0.2) is 39.1 Å². The van der Waals surface area contributed by atoms with Crippen LogP contribution < -0.4 is 11.2 Å². The van der Waals surface area contributed by atoms with Crippen molar-refractivity contribution in [2.24, 2.45) is 0 Å². The fourth-order valence-electron chi connectivity index (χ4n) is 2.90. The Labute approximate surface area is 157 Å². The third kappa shape index (κ3) is 3.55. The highest BCUT2D eigenvalue weighted by atomic mass is 35.5. The molecule has 26 heavy (non-hydrogen) atoms. The maximum absolute atomic E-state index is 12.2. The van der Waals surface area contributed by atoms with Gasteiger partial charge in [0.25, 0.3) is 5.56 Å². The second-order valence-electron chi connectivity index (χ2n) is 6.01. The Hall–Kier alpha value is -2.10. The Morgan fingerprint density at radius 2 is 2.27 bits per heavy atom. The van der Waals surface area contributed by atoms with E-state index in [9.17, 15) is 9.59 Å². The van der Waals surface area contributed by atoms with Gasteiger partial charge in [0.2, 0.25) is 0 Å². The molecule has 0 radical (unpaired) electrons. The number of thioether (sulfide) groups is 1. The molecule has 1 unspecified atom stereocenters. The molecule has 10 heteroatoms. The molecule has 4 rings (SSSR count). The Bertz CT molecular complexity index is 1050. The van der Waals surface area contributed by atoms with Crippen LogP contribution in [0.2, 0.25) is 5.02 Å². The SMILES string of the molecule is O=c1[nH]nc(SCc2cc(=O)n3cc(Cl)ccc3n2)n1CC1CCCO1. The Morgan fingerprint density at radius 3 is 3.08 bits per heavy atom. The molecular formula is C16H16ClN5O3S. The number of pyridine rings is 1. The van der Waals surface area contributed by atoms with Gasteiger partial charge in [0.15, 0.2) is 5.16 Å². The first-order valence-corrected chi connectivity index (χ1v) is 9.54. The Balaban J connectivity index is 1.54. The van der Waals surface area contributed by atoms with E-state index in [-0.39, 0.29) is 17.4 Å². The summed E-state index contributed by atoms with van der Waals surface area (Å²) in [6.45, 7) is 1.21. The van der Waals surface area contributed by atoms with E-state index < -0.39 is 0 Å². The van der Waals surface area contributed by atoms with Gasteiger partial charge in [-0.25, -0.2) is 14.9 Å². The zero-order valence-corrected chi connectivity index (χ0v) is 15.3. The smallest absolute Gasteiger partial charge is 0.344 e. The lowest BCUT2D eigenvalue weighted by Gasteiger charge is -2.11. The molecular weight excluding hydrogens is 378 g/mol. The third-order valence-electron chi connectivity index (χ3n) is 4.16. The highest BCUT2D eigenvalue weighted by Gasteiger charge is 2.19. The minimum atomic E-state index is -0.260. The first kappa shape index (κ1) is 17.3. The zero-order valence-electron chi connectivity index (χ0n) is 13.7. The number of nitrogens with one attached hydrogen (secondary N) is 1. The van der Waals surface area contributed by atoms with Crippen molar-refractivity contribution in [2.45, 2.75) is 36.4 Å². The summed E-state index contributed by atoms with van der Waals surface area (Å²) in [4.78, 5) is 28.7. The lowest BCUT2D eigenvalue weighted by molar-refractivity contribution is 0.0941. The van der Waals surface area contributed by atoms with Gasteiger partial charge in [0.05, 0.1) is 23.4 Å². The molecule has 0 bridgehead atoms. The molecule has 1 fully saturated rings. The van der Waals surface area contributed by atoms with Crippen LogP contribution in [-0.2, 0) is 17.0 Å². The number of nitrogens with zero attached hydrogens (tertiary/aromatic N) is 4. The molecule has 0 spiro atoms. The summed E-state index contributed by atoms with van der Waals surface area (Å²) in [5, 5.41) is 7.58. The number of halogens is 1. The van der Waals surface area contributed by atoms with Crippen LogP contribution in [-0.4, -0.2) is 36.9 Å². The summed E-state index contributed by atoms with van der Waals surface area (Å²) in [5.74, 6) is 0.421. The zero-order chi connectivity index (χ0) is 18.1. The molecule has 3 aromatic rings. The predicted molar refractivity (Wildman–Crippen MR) is 97.9 cm³/mol. The van der Waals surface area contributed by atoms with Gasteiger partial charge in [-0.2, -0.15) is 0 Å². The van der Waals surface area contributed by atoms with Crippen LogP contribution in [0.4, 0.5) is 0 Å². The molecule has 0 aliphatic carbocycles. The first-order chi connectivity index (χ1) is 12.6. The number of fused-ring (bicyclic) bond motifs is 1. The monoisotopic (exact) mass is 393 g/mol. The van der Waals surface area contributed by atoms with Crippen LogP contribution in [0.5, 0.6) is 0 Å². The molecule has 1 aliphatic heterocycles. The molecule has 1 atom stereocenters. The van der Waals surface area contributed by atoms with E-state index in [4.69, 9.17) is 16.3 Å². The average molecular weight is 394 g/mol. The quantitative estimate of drug-likeness (QED) is 0.663. The van der Waals surface area contributed by atoms with Gasteiger partial charge < -0.3 is 4.74 Å². The van der Waals surface area contributed by atoms with Crippen LogP contribution in [0.3, 0.4) is 0 Å². The lowest BCUT2D eigenvalue weighted by Crippen LogP contribution is -2.25. The number of rotatable bonds is 5. The fraction of sp³-hybridized carbons (Fsp3) is 0.375. The maximum Gasteiger partial charge on any atom is 0.344 e. The summed E-state index contributed by atoms with van der Waals surface area (Å²) in [5.41, 5.74) is 0.675. The fourth-order valence-corrected chi connectivity index (χ4v) is 3.91. The standard InChI is InChI=1S/C16H16ClN5O3S/c17-10-3-4-13-18-11(6-14(23)21(13)7-10)9-26-16-20-19-15(24)22(16)8-12-2-1-5-25-12/h3-4,6-7,12H,1-2,5,8-9H2,(H,19,24). The van der Waals surface area contributed by atoms with E-state index in [0.29, 0.717) is 33.8 Å². The molecule has 1 N–H and O–H groups in total. The second-order valence-corrected chi connectivity index (χ2v) is 7.39. The largest absolute Gasteiger partial charge is 0.376 e. The van der Waals surface area contributed by atoms with Gasteiger partial charge >= 0.3 is 5.69 Å². The van der Waals surface area contributed by atoms with Gasteiger partial charge in [-0.1, -0.05) is 23.4 Å². The van der Waals surface area contributed by atoms with E-state index >= 15 is 0 Å². The van der Waals surface area contributed by atoms with Crippen LogP contribution in [0.1, 0.15) is 18.5 Å². The summed E-state index contributed by atoms with van der Waals surface area (Å²) in [6, 6.07) is 4.85. The summed E-state index contributed by atoms with van der Waals surface area (Å²) in [6.07, 6.45) is 3.52. The van der Waals surface area contributed by atoms with E-state index in [1.807, 2.05) is 0 Å². The van der Waals surface area contributed by atoms with E-state index in [2.05, 4.69) is 15.2 Å². The molecule has 1 aliphatic rings.